The largest absolute Gasteiger partial charge is 0.296 e. The lowest BCUT2D eigenvalue weighted by Gasteiger charge is -2.30. The second kappa shape index (κ2) is 4.91. The summed E-state index contributed by atoms with van der Waals surface area (Å²) in [6.07, 6.45) is 0. The van der Waals surface area contributed by atoms with Gasteiger partial charge in [0, 0.05) is 48.9 Å². The van der Waals surface area contributed by atoms with Gasteiger partial charge in [-0.1, -0.05) is 30.3 Å². The van der Waals surface area contributed by atoms with E-state index in [1.165, 1.54) is 5.56 Å². The van der Waals surface area contributed by atoms with Crippen LogP contribution in [0.5, 0.6) is 0 Å². The Bertz CT molecular complexity index is 268. The summed E-state index contributed by atoms with van der Waals surface area (Å²) in [7, 11) is 0. The number of rotatable bonds is 2. The molecule has 0 aromatic heterocycles. The molecule has 1 fully saturated rings. The summed E-state index contributed by atoms with van der Waals surface area (Å²) < 4.78 is 2.20. The molecule has 1 aromatic carbocycles. The lowest BCUT2D eigenvalue weighted by Crippen LogP contribution is -2.41. The van der Waals surface area contributed by atoms with E-state index in [0.717, 1.165) is 32.7 Å². The molecule has 2 rings (SSSR count). The molecule has 0 unspecified atom stereocenters. The number of nitrogens with zero attached hydrogens (tertiary/aromatic N) is 2. The topological polar surface area (TPSA) is 6.48 Å². The van der Waals surface area contributed by atoms with E-state index >= 15 is 0 Å². The summed E-state index contributed by atoms with van der Waals surface area (Å²) in [5, 5.41) is 0. The first-order chi connectivity index (χ1) is 6.84. The van der Waals surface area contributed by atoms with Crippen molar-refractivity contribution in [3.05, 3.63) is 35.9 Å². The van der Waals surface area contributed by atoms with Crippen molar-refractivity contribution in [2.24, 2.45) is 0 Å². The van der Waals surface area contributed by atoms with Crippen molar-refractivity contribution in [3.63, 3.8) is 0 Å². The number of piperazine rings is 1. The van der Waals surface area contributed by atoms with Crippen LogP contribution < -0.4 is 0 Å². The van der Waals surface area contributed by atoms with Crippen LogP contribution in [-0.4, -0.2) is 35.0 Å². The Kier molecular flexibility index (Phi) is 3.56. The van der Waals surface area contributed by atoms with E-state index in [1.54, 1.807) is 0 Å². The normalized spacial score (nSPS) is 19.8. The molecule has 0 spiro atoms. The van der Waals surface area contributed by atoms with E-state index in [-0.39, 0.29) is 0 Å². The van der Waals surface area contributed by atoms with Crippen LogP contribution in [-0.2, 0) is 6.54 Å². The number of hydrogen-bond donors (Lipinski definition) is 0. The van der Waals surface area contributed by atoms with Crippen LogP contribution in [0.4, 0.5) is 0 Å². The monoisotopic (exact) mass is 254 g/mol. The molecule has 1 aliphatic rings. The molecule has 1 heterocycles. The molecule has 0 saturated carbocycles. The molecule has 0 aliphatic carbocycles. The van der Waals surface area contributed by atoms with Crippen LogP contribution in [0.1, 0.15) is 5.56 Å². The fourth-order valence-electron chi connectivity index (χ4n) is 1.72. The molecule has 0 N–H and O–H groups in total. The molecule has 14 heavy (non-hydrogen) atoms. The maximum atomic E-state index is 3.51. The second-order valence-corrected chi connectivity index (χ2v) is 4.67. The Morgan fingerprint density at radius 2 is 1.64 bits per heavy atom. The highest BCUT2D eigenvalue weighted by Crippen LogP contribution is 2.09. The van der Waals surface area contributed by atoms with Gasteiger partial charge in [0.05, 0.1) is 0 Å². The maximum Gasteiger partial charge on any atom is 0.0234 e. The average Bonchev–Trinajstić information content (AvgIpc) is 2.23. The third-order valence-electron chi connectivity index (χ3n) is 2.57. The summed E-state index contributed by atoms with van der Waals surface area (Å²) in [4.78, 5) is 2.49. The van der Waals surface area contributed by atoms with Crippen molar-refractivity contribution in [1.82, 2.24) is 8.83 Å². The van der Waals surface area contributed by atoms with Crippen molar-refractivity contribution in [1.29, 1.82) is 0 Å². The quantitative estimate of drug-likeness (QED) is 0.747. The fourth-order valence-corrected chi connectivity index (χ4v) is 2.04. The van der Waals surface area contributed by atoms with E-state index in [0.29, 0.717) is 0 Å². The standard InChI is InChI=1S/C11H15BrN2/c12-14-8-6-13(7-9-14)10-11-4-2-1-3-5-11/h1-5H,6-10H2. The van der Waals surface area contributed by atoms with Crippen molar-refractivity contribution in [3.8, 4) is 0 Å². The van der Waals surface area contributed by atoms with Gasteiger partial charge < -0.3 is 0 Å². The molecule has 0 atom stereocenters. The Morgan fingerprint density at radius 1 is 1.00 bits per heavy atom. The highest BCUT2D eigenvalue weighted by atomic mass is 79.9. The Balaban J connectivity index is 1.87. The smallest absolute Gasteiger partial charge is 0.0234 e. The molecule has 1 aliphatic heterocycles. The lowest BCUT2D eigenvalue weighted by atomic mass is 10.2. The summed E-state index contributed by atoms with van der Waals surface area (Å²) in [5.41, 5.74) is 1.41. The van der Waals surface area contributed by atoms with Gasteiger partial charge in [0.1, 0.15) is 0 Å². The molecular weight excluding hydrogens is 240 g/mol. The van der Waals surface area contributed by atoms with Gasteiger partial charge in [0.15, 0.2) is 0 Å². The first-order valence-electron chi connectivity index (χ1n) is 5.01. The molecule has 1 aromatic rings. The first kappa shape index (κ1) is 10.1. The van der Waals surface area contributed by atoms with Gasteiger partial charge in [0.2, 0.25) is 0 Å². The summed E-state index contributed by atoms with van der Waals surface area (Å²) >= 11 is 3.51. The highest BCUT2D eigenvalue weighted by Gasteiger charge is 2.14. The van der Waals surface area contributed by atoms with Crippen LogP contribution in [0.15, 0.2) is 30.3 Å². The highest BCUT2D eigenvalue weighted by molar-refractivity contribution is 9.07. The van der Waals surface area contributed by atoms with Crippen LogP contribution in [0.3, 0.4) is 0 Å². The van der Waals surface area contributed by atoms with Crippen molar-refractivity contribution in [2.75, 3.05) is 26.2 Å². The molecule has 3 heteroatoms. The van der Waals surface area contributed by atoms with Crippen LogP contribution in [0, 0.1) is 0 Å². The first-order valence-corrected chi connectivity index (χ1v) is 5.72. The zero-order chi connectivity index (χ0) is 9.80. The lowest BCUT2D eigenvalue weighted by molar-refractivity contribution is 0.193. The van der Waals surface area contributed by atoms with Gasteiger partial charge in [-0.05, 0) is 5.56 Å². The third kappa shape index (κ3) is 2.80. The Morgan fingerprint density at radius 3 is 2.29 bits per heavy atom. The number of hydrogen-bond acceptors (Lipinski definition) is 2. The minimum atomic E-state index is 1.08. The van der Waals surface area contributed by atoms with Gasteiger partial charge in [-0.15, -0.1) is 0 Å². The molecule has 2 nitrogen and oxygen atoms in total. The number of halogens is 1. The van der Waals surface area contributed by atoms with Gasteiger partial charge >= 0.3 is 0 Å². The van der Waals surface area contributed by atoms with E-state index in [4.69, 9.17) is 0 Å². The fraction of sp³-hybridized carbons (Fsp3) is 0.455. The zero-order valence-electron chi connectivity index (χ0n) is 8.19. The molecule has 1 saturated heterocycles. The predicted molar refractivity (Wildman–Crippen MR) is 62.2 cm³/mol. The van der Waals surface area contributed by atoms with Crippen molar-refractivity contribution in [2.45, 2.75) is 6.54 Å². The van der Waals surface area contributed by atoms with E-state index < -0.39 is 0 Å². The third-order valence-corrected chi connectivity index (χ3v) is 3.28. The summed E-state index contributed by atoms with van der Waals surface area (Å²) in [6, 6.07) is 10.7. The zero-order valence-corrected chi connectivity index (χ0v) is 9.78. The van der Waals surface area contributed by atoms with Crippen LogP contribution in [0.25, 0.3) is 0 Å². The second-order valence-electron chi connectivity index (χ2n) is 3.67. The van der Waals surface area contributed by atoms with Crippen molar-refractivity contribution >= 4 is 16.1 Å². The van der Waals surface area contributed by atoms with Gasteiger partial charge in [-0.3, -0.25) is 4.90 Å². The average molecular weight is 255 g/mol. The van der Waals surface area contributed by atoms with E-state index in [2.05, 4.69) is 55.3 Å². The molecule has 76 valence electrons. The van der Waals surface area contributed by atoms with Gasteiger partial charge in [-0.2, -0.15) is 0 Å². The van der Waals surface area contributed by atoms with Crippen LogP contribution >= 0.6 is 16.1 Å². The van der Waals surface area contributed by atoms with E-state index in [9.17, 15) is 0 Å². The van der Waals surface area contributed by atoms with Crippen molar-refractivity contribution < 1.29 is 0 Å². The Hall–Kier alpha value is -0.380. The maximum absolute atomic E-state index is 3.51. The predicted octanol–water partition coefficient (Wildman–Crippen LogP) is 2.11. The minimum absolute atomic E-state index is 1.08. The van der Waals surface area contributed by atoms with Gasteiger partial charge in [-0.25, -0.2) is 3.93 Å². The van der Waals surface area contributed by atoms with Crippen LogP contribution in [0.2, 0.25) is 0 Å². The molecule has 0 bridgehead atoms. The molecule has 0 amide bonds. The Labute approximate surface area is 93.8 Å². The van der Waals surface area contributed by atoms with E-state index in [1.807, 2.05) is 0 Å². The van der Waals surface area contributed by atoms with Gasteiger partial charge in [0.25, 0.3) is 0 Å². The molecule has 0 radical (unpaired) electrons. The minimum Gasteiger partial charge on any atom is -0.296 e. The number of benzene rings is 1. The SMILES string of the molecule is BrN1CCN(Cc2ccccc2)CC1. The molecular formula is C11H15BrN2. The summed E-state index contributed by atoms with van der Waals surface area (Å²) in [6.45, 7) is 5.63. The summed E-state index contributed by atoms with van der Waals surface area (Å²) in [5.74, 6) is 0.